The number of urea groups is 1. The lowest BCUT2D eigenvalue weighted by atomic mass is 10.2. The van der Waals surface area contributed by atoms with Crippen molar-refractivity contribution in [2.75, 3.05) is 23.7 Å². The molecule has 1 aliphatic rings. The SMILES string of the molecule is Cc1cscc1NC(=O)N1CCC(Nc2ccc3nccn3n2)C1. The average molecular weight is 342 g/mol. The van der Waals surface area contributed by atoms with Crippen LogP contribution in [0.2, 0.25) is 0 Å². The van der Waals surface area contributed by atoms with Gasteiger partial charge in [-0.3, -0.25) is 0 Å². The summed E-state index contributed by atoms with van der Waals surface area (Å²) in [7, 11) is 0. The summed E-state index contributed by atoms with van der Waals surface area (Å²) in [5.74, 6) is 0.793. The monoisotopic (exact) mass is 342 g/mol. The molecule has 4 rings (SSSR count). The zero-order valence-electron chi connectivity index (χ0n) is 13.3. The number of rotatable bonds is 3. The van der Waals surface area contributed by atoms with Crippen molar-refractivity contribution in [2.45, 2.75) is 19.4 Å². The van der Waals surface area contributed by atoms with Crippen molar-refractivity contribution in [3.05, 3.63) is 40.8 Å². The van der Waals surface area contributed by atoms with E-state index in [1.807, 2.05) is 40.9 Å². The zero-order valence-corrected chi connectivity index (χ0v) is 14.1. The third kappa shape index (κ3) is 2.92. The topological polar surface area (TPSA) is 74.6 Å². The fourth-order valence-electron chi connectivity index (χ4n) is 2.85. The van der Waals surface area contributed by atoms with Gasteiger partial charge in [-0.15, -0.1) is 16.4 Å². The Bertz CT molecular complexity index is 872. The predicted octanol–water partition coefficient (Wildman–Crippen LogP) is 2.82. The standard InChI is InChI=1S/C16H18N6OS/c1-11-9-24-10-13(11)19-16(23)21-6-4-12(8-21)18-14-2-3-15-17-5-7-22(15)20-14/h2-3,5,7,9-10,12H,4,6,8H2,1H3,(H,18,20)(H,19,23). The fraction of sp³-hybridized carbons (Fsp3) is 0.312. The largest absolute Gasteiger partial charge is 0.364 e. The third-order valence-corrected chi connectivity index (χ3v) is 5.04. The van der Waals surface area contributed by atoms with Crippen LogP contribution in [-0.4, -0.2) is 44.7 Å². The first-order chi connectivity index (χ1) is 11.7. The fourth-order valence-corrected chi connectivity index (χ4v) is 3.63. The molecule has 3 aromatic heterocycles. The molecule has 24 heavy (non-hydrogen) atoms. The minimum atomic E-state index is -0.0428. The van der Waals surface area contributed by atoms with Crippen molar-refractivity contribution < 1.29 is 4.79 Å². The molecule has 7 nitrogen and oxygen atoms in total. The van der Waals surface area contributed by atoms with Crippen molar-refractivity contribution in [1.82, 2.24) is 19.5 Å². The Balaban J connectivity index is 1.37. The first-order valence-electron chi connectivity index (χ1n) is 7.85. The molecule has 0 aromatic carbocycles. The molecule has 1 saturated heterocycles. The summed E-state index contributed by atoms with van der Waals surface area (Å²) in [6.07, 6.45) is 4.44. The Kier molecular flexibility index (Phi) is 3.81. The van der Waals surface area contributed by atoms with E-state index < -0.39 is 0 Å². The van der Waals surface area contributed by atoms with E-state index in [-0.39, 0.29) is 12.1 Å². The number of fused-ring (bicyclic) bond motifs is 1. The Morgan fingerprint density at radius 2 is 2.29 bits per heavy atom. The quantitative estimate of drug-likeness (QED) is 0.767. The number of carbonyl (C=O) groups excluding carboxylic acids is 1. The molecule has 1 atom stereocenters. The maximum Gasteiger partial charge on any atom is 0.321 e. The van der Waals surface area contributed by atoms with E-state index in [1.54, 1.807) is 22.0 Å². The molecule has 0 bridgehead atoms. The van der Waals surface area contributed by atoms with Crippen molar-refractivity contribution in [3.63, 3.8) is 0 Å². The summed E-state index contributed by atoms with van der Waals surface area (Å²) in [6, 6.07) is 4.00. The highest BCUT2D eigenvalue weighted by Gasteiger charge is 2.26. The molecular formula is C16H18N6OS. The zero-order chi connectivity index (χ0) is 16.5. The molecular weight excluding hydrogens is 324 g/mol. The van der Waals surface area contributed by atoms with Crippen LogP contribution in [0.1, 0.15) is 12.0 Å². The van der Waals surface area contributed by atoms with E-state index in [1.165, 1.54) is 0 Å². The van der Waals surface area contributed by atoms with Gasteiger partial charge in [-0.05, 0) is 36.4 Å². The number of carbonyl (C=O) groups is 1. The minimum absolute atomic E-state index is 0.0428. The molecule has 0 aliphatic carbocycles. The lowest BCUT2D eigenvalue weighted by Crippen LogP contribution is -2.35. The summed E-state index contributed by atoms with van der Waals surface area (Å²) in [6.45, 7) is 3.40. The molecule has 2 N–H and O–H groups in total. The minimum Gasteiger partial charge on any atom is -0.364 e. The number of hydrogen-bond acceptors (Lipinski definition) is 5. The average Bonchev–Trinajstić information content (AvgIpc) is 3.29. The molecule has 1 unspecified atom stereocenters. The highest BCUT2D eigenvalue weighted by Crippen LogP contribution is 2.21. The number of hydrogen-bond donors (Lipinski definition) is 2. The lowest BCUT2D eigenvalue weighted by molar-refractivity contribution is 0.222. The van der Waals surface area contributed by atoms with Crippen LogP contribution in [0.25, 0.3) is 5.65 Å². The van der Waals surface area contributed by atoms with Gasteiger partial charge in [0.15, 0.2) is 5.65 Å². The number of aromatic nitrogens is 3. The Labute approximate surface area is 143 Å². The Morgan fingerprint density at radius 3 is 3.12 bits per heavy atom. The highest BCUT2D eigenvalue weighted by molar-refractivity contribution is 7.08. The van der Waals surface area contributed by atoms with E-state index in [4.69, 9.17) is 0 Å². The van der Waals surface area contributed by atoms with Gasteiger partial charge in [0.25, 0.3) is 0 Å². The van der Waals surface area contributed by atoms with E-state index in [9.17, 15) is 4.79 Å². The molecule has 4 heterocycles. The lowest BCUT2D eigenvalue weighted by Gasteiger charge is -2.18. The molecule has 0 spiro atoms. The van der Waals surface area contributed by atoms with Gasteiger partial charge in [-0.2, -0.15) is 0 Å². The van der Waals surface area contributed by atoms with Crippen LogP contribution in [0, 0.1) is 6.92 Å². The maximum atomic E-state index is 12.4. The number of nitrogens with one attached hydrogen (secondary N) is 2. The summed E-state index contributed by atoms with van der Waals surface area (Å²) < 4.78 is 1.74. The first kappa shape index (κ1) is 14.9. The molecule has 0 radical (unpaired) electrons. The number of imidazole rings is 1. The molecule has 0 saturated carbocycles. The normalized spacial score (nSPS) is 17.4. The molecule has 1 aliphatic heterocycles. The number of aryl methyl sites for hydroxylation is 1. The van der Waals surface area contributed by atoms with Gasteiger partial charge < -0.3 is 15.5 Å². The molecule has 3 aromatic rings. The summed E-state index contributed by atoms with van der Waals surface area (Å²) in [5, 5.41) is 14.8. The third-order valence-electron chi connectivity index (χ3n) is 4.18. The number of likely N-dealkylation sites (tertiary alicyclic amines) is 1. The van der Waals surface area contributed by atoms with Crippen molar-refractivity contribution >= 4 is 34.5 Å². The van der Waals surface area contributed by atoms with Crippen LogP contribution in [0.15, 0.2) is 35.3 Å². The molecule has 2 amide bonds. The molecule has 124 valence electrons. The second-order valence-electron chi connectivity index (χ2n) is 5.92. The summed E-state index contributed by atoms with van der Waals surface area (Å²) >= 11 is 1.59. The maximum absolute atomic E-state index is 12.4. The summed E-state index contributed by atoms with van der Waals surface area (Å²) in [4.78, 5) is 18.4. The van der Waals surface area contributed by atoms with Gasteiger partial charge in [0.2, 0.25) is 0 Å². The molecule has 1 fully saturated rings. The van der Waals surface area contributed by atoms with Gasteiger partial charge in [0.1, 0.15) is 5.82 Å². The van der Waals surface area contributed by atoms with Gasteiger partial charge in [0.05, 0.1) is 5.69 Å². The van der Waals surface area contributed by atoms with E-state index >= 15 is 0 Å². The second-order valence-corrected chi connectivity index (χ2v) is 6.67. The number of thiophene rings is 1. The second kappa shape index (κ2) is 6.12. The summed E-state index contributed by atoms with van der Waals surface area (Å²) in [5.41, 5.74) is 2.81. The van der Waals surface area contributed by atoms with Crippen LogP contribution in [0.4, 0.5) is 16.3 Å². The van der Waals surface area contributed by atoms with Crippen molar-refractivity contribution in [1.29, 1.82) is 0 Å². The number of amides is 2. The van der Waals surface area contributed by atoms with Crippen molar-refractivity contribution in [2.24, 2.45) is 0 Å². The van der Waals surface area contributed by atoms with Gasteiger partial charge in [-0.25, -0.2) is 14.3 Å². The predicted molar refractivity (Wildman–Crippen MR) is 94.7 cm³/mol. The van der Waals surface area contributed by atoms with E-state index in [0.29, 0.717) is 6.54 Å². The van der Waals surface area contributed by atoms with Crippen LogP contribution in [0.3, 0.4) is 0 Å². The number of nitrogens with zero attached hydrogens (tertiary/aromatic N) is 4. The van der Waals surface area contributed by atoms with E-state index in [0.717, 1.165) is 35.7 Å². The van der Waals surface area contributed by atoms with E-state index in [2.05, 4.69) is 20.7 Å². The first-order valence-corrected chi connectivity index (χ1v) is 8.79. The van der Waals surface area contributed by atoms with Gasteiger partial charge in [-0.1, -0.05) is 0 Å². The van der Waals surface area contributed by atoms with Crippen LogP contribution >= 0.6 is 11.3 Å². The Morgan fingerprint density at radius 1 is 1.38 bits per heavy atom. The van der Waals surface area contributed by atoms with Crippen LogP contribution in [0.5, 0.6) is 0 Å². The van der Waals surface area contributed by atoms with Crippen LogP contribution in [-0.2, 0) is 0 Å². The highest BCUT2D eigenvalue weighted by atomic mass is 32.1. The Hall–Kier alpha value is -2.61. The van der Waals surface area contributed by atoms with Crippen molar-refractivity contribution in [3.8, 4) is 0 Å². The van der Waals surface area contributed by atoms with Crippen LogP contribution < -0.4 is 10.6 Å². The number of anilines is 2. The van der Waals surface area contributed by atoms with Gasteiger partial charge in [0, 0.05) is 36.9 Å². The molecule has 8 heteroatoms. The van der Waals surface area contributed by atoms with Gasteiger partial charge >= 0.3 is 6.03 Å². The smallest absolute Gasteiger partial charge is 0.321 e.